The molecular formula is C16H32N2O2. The third-order valence-electron chi connectivity index (χ3n) is 4.33. The smallest absolute Gasteiger partial charge is 0.225 e. The SMILES string of the molecule is CCC(C)N1CC(CCO)CC(NC(=O)C(C)(C)C)C1. The molecule has 3 unspecified atom stereocenters. The van der Waals surface area contributed by atoms with Crippen molar-refractivity contribution in [1.82, 2.24) is 10.2 Å². The number of hydrogen-bond acceptors (Lipinski definition) is 3. The van der Waals surface area contributed by atoms with Crippen LogP contribution in [0, 0.1) is 11.3 Å². The van der Waals surface area contributed by atoms with Crippen LogP contribution in [0.1, 0.15) is 53.9 Å². The Bertz CT molecular complexity index is 312. The van der Waals surface area contributed by atoms with Gasteiger partial charge in [0.1, 0.15) is 0 Å². The van der Waals surface area contributed by atoms with Gasteiger partial charge in [-0.05, 0) is 32.1 Å². The lowest BCUT2D eigenvalue weighted by Crippen LogP contribution is -2.54. The molecule has 4 nitrogen and oxygen atoms in total. The Labute approximate surface area is 123 Å². The van der Waals surface area contributed by atoms with Crippen molar-refractivity contribution in [3.05, 3.63) is 0 Å². The molecule has 0 spiro atoms. The summed E-state index contributed by atoms with van der Waals surface area (Å²) in [7, 11) is 0. The zero-order valence-corrected chi connectivity index (χ0v) is 13.8. The van der Waals surface area contributed by atoms with E-state index in [9.17, 15) is 9.90 Å². The number of amides is 1. The van der Waals surface area contributed by atoms with Gasteiger partial charge in [-0.1, -0.05) is 27.7 Å². The molecule has 0 aromatic rings. The number of likely N-dealkylation sites (tertiary alicyclic amines) is 1. The van der Waals surface area contributed by atoms with Crippen LogP contribution in [0.3, 0.4) is 0 Å². The van der Waals surface area contributed by atoms with Gasteiger partial charge in [0.05, 0.1) is 0 Å². The quantitative estimate of drug-likeness (QED) is 0.812. The number of rotatable bonds is 5. The minimum atomic E-state index is -0.342. The van der Waals surface area contributed by atoms with Gasteiger partial charge in [0, 0.05) is 37.2 Å². The van der Waals surface area contributed by atoms with E-state index in [2.05, 4.69) is 24.1 Å². The first-order valence-electron chi connectivity index (χ1n) is 7.93. The molecule has 0 aromatic carbocycles. The Morgan fingerprint density at radius 1 is 1.40 bits per heavy atom. The molecule has 1 rings (SSSR count). The molecule has 0 bridgehead atoms. The summed E-state index contributed by atoms with van der Waals surface area (Å²) in [6.45, 7) is 12.5. The van der Waals surface area contributed by atoms with Crippen LogP contribution in [0.25, 0.3) is 0 Å². The van der Waals surface area contributed by atoms with Crippen LogP contribution in [-0.2, 0) is 4.79 Å². The van der Waals surface area contributed by atoms with Crippen molar-refractivity contribution in [2.45, 2.75) is 66.0 Å². The molecular weight excluding hydrogens is 252 g/mol. The minimum Gasteiger partial charge on any atom is -0.396 e. The van der Waals surface area contributed by atoms with E-state index in [0.29, 0.717) is 12.0 Å². The van der Waals surface area contributed by atoms with Gasteiger partial charge in [0.25, 0.3) is 0 Å². The van der Waals surface area contributed by atoms with Crippen molar-refractivity contribution in [3.63, 3.8) is 0 Å². The molecule has 0 aliphatic carbocycles. The zero-order chi connectivity index (χ0) is 15.3. The molecule has 4 heteroatoms. The van der Waals surface area contributed by atoms with Gasteiger partial charge in [-0.2, -0.15) is 0 Å². The fourth-order valence-corrected chi connectivity index (χ4v) is 2.76. The van der Waals surface area contributed by atoms with Crippen LogP contribution in [0.5, 0.6) is 0 Å². The molecule has 0 radical (unpaired) electrons. The summed E-state index contributed by atoms with van der Waals surface area (Å²) < 4.78 is 0. The highest BCUT2D eigenvalue weighted by Crippen LogP contribution is 2.23. The molecule has 1 aliphatic heterocycles. The predicted octanol–water partition coefficient (Wildman–Crippen LogP) is 2.02. The largest absolute Gasteiger partial charge is 0.396 e. The maximum atomic E-state index is 12.2. The standard InChI is InChI=1S/C16H32N2O2/c1-6-12(2)18-10-13(7-8-19)9-14(11-18)17-15(20)16(3,4)5/h12-14,19H,6-11H2,1-5H3,(H,17,20). The predicted molar refractivity (Wildman–Crippen MR) is 82.5 cm³/mol. The Morgan fingerprint density at radius 3 is 2.55 bits per heavy atom. The van der Waals surface area contributed by atoms with Crippen LogP contribution in [0.4, 0.5) is 0 Å². The van der Waals surface area contributed by atoms with E-state index >= 15 is 0 Å². The fraction of sp³-hybridized carbons (Fsp3) is 0.938. The van der Waals surface area contributed by atoms with E-state index in [1.807, 2.05) is 20.8 Å². The first-order valence-corrected chi connectivity index (χ1v) is 7.93. The summed E-state index contributed by atoms with van der Waals surface area (Å²) in [6, 6.07) is 0.742. The van der Waals surface area contributed by atoms with Gasteiger partial charge in [-0.25, -0.2) is 0 Å². The molecule has 0 aromatic heterocycles. The molecule has 0 saturated carbocycles. The Hall–Kier alpha value is -0.610. The number of carbonyl (C=O) groups is 1. The summed E-state index contributed by atoms with van der Waals surface area (Å²) in [5.41, 5.74) is -0.342. The van der Waals surface area contributed by atoms with Gasteiger partial charge < -0.3 is 10.4 Å². The second kappa shape index (κ2) is 7.41. The summed E-state index contributed by atoms with van der Waals surface area (Å²) in [6.07, 6.45) is 2.93. The highest BCUT2D eigenvalue weighted by molar-refractivity contribution is 5.81. The van der Waals surface area contributed by atoms with Gasteiger partial charge >= 0.3 is 0 Å². The van der Waals surface area contributed by atoms with E-state index in [4.69, 9.17) is 0 Å². The van der Waals surface area contributed by atoms with Crippen LogP contribution in [-0.4, -0.2) is 47.7 Å². The number of nitrogens with zero attached hydrogens (tertiary/aromatic N) is 1. The average molecular weight is 284 g/mol. The van der Waals surface area contributed by atoms with Crippen LogP contribution in [0.2, 0.25) is 0 Å². The van der Waals surface area contributed by atoms with Crippen LogP contribution < -0.4 is 5.32 Å². The molecule has 1 amide bonds. The van der Waals surface area contributed by atoms with Crippen molar-refractivity contribution in [2.24, 2.45) is 11.3 Å². The first-order chi connectivity index (χ1) is 9.27. The second-order valence-electron chi connectivity index (χ2n) is 7.25. The monoisotopic (exact) mass is 284 g/mol. The minimum absolute atomic E-state index is 0.122. The summed E-state index contributed by atoms with van der Waals surface area (Å²) in [4.78, 5) is 14.6. The highest BCUT2D eigenvalue weighted by Gasteiger charge is 2.32. The second-order valence-corrected chi connectivity index (χ2v) is 7.25. The van der Waals surface area contributed by atoms with Crippen LogP contribution >= 0.6 is 0 Å². The molecule has 3 atom stereocenters. The number of piperidine rings is 1. The third kappa shape index (κ3) is 5.06. The molecule has 118 valence electrons. The van der Waals surface area contributed by atoms with E-state index in [1.54, 1.807) is 0 Å². The van der Waals surface area contributed by atoms with Crippen molar-refractivity contribution in [1.29, 1.82) is 0 Å². The lowest BCUT2D eigenvalue weighted by Gasteiger charge is -2.41. The molecule has 1 heterocycles. The normalized spacial score (nSPS) is 26.3. The molecule has 20 heavy (non-hydrogen) atoms. The van der Waals surface area contributed by atoms with Crippen molar-refractivity contribution < 1.29 is 9.90 Å². The topological polar surface area (TPSA) is 52.6 Å². The van der Waals surface area contributed by atoms with Gasteiger partial charge in [-0.3, -0.25) is 9.69 Å². The molecule has 1 fully saturated rings. The number of aliphatic hydroxyl groups is 1. The van der Waals surface area contributed by atoms with E-state index < -0.39 is 0 Å². The van der Waals surface area contributed by atoms with Crippen molar-refractivity contribution >= 4 is 5.91 Å². The van der Waals surface area contributed by atoms with Crippen molar-refractivity contribution in [2.75, 3.05) is 19.7 Å². The summed E-state index contributed by atoms with van der Waals surface area (Å²) >= 11 is 0. The van der Waals surface area contributed by atoms with Crippen LogP contribution in [0.15, 0.2) is 0 Å². The maximum Gasteiger partial charge on any atom is 0.225 e. The Kier molecular flexibility index (Phi) is 6.46. The lowest BCUT2D eigenvalue weighted by atomic mass is 9.89. The van der Waals surface area contributed by atoms with Crippen molar-refractivity contribution in [3.8, 4) is 0 Å². The number of carbonyl (C=O) groups excluding carboxylic acids is 1. The van der Waals surface area contributed by atoms with Gasteiger partial charge in [0.15, 0.2) is 0 Å². The highest BCUT2D eigenvalue weighted by atomic mass is 16.3. The molecule has 1 saturated heterocycles. The van der Waals surface area contributed by atoms with Gasteiger partial charge in [-0.15, -0.1) is 0 Å². The van der Waals surface area contributed by atoms with E-state index in [1.165, 1.54) is 0 Å². The maximum absolute atomic E-state index is 12.2. The molecule has 2 N–H and O–H groups in total. The third-order valence-corrected chi connectivity index (χ3v) is 4.33. The lowest BCUT2D eigenvalue weighted by molar-refractivity contribution is -0.129. The Morgan fingerprint density at radius 2 is 2.05 bits per heavy atom. The average Bonchev–Trinajstić information content (AvgIpc) is 2.36. The number of nitrogens with one attached hydrogen (secondary N) is 1. The number of hydrogen-bond donors (Lipinski definition) is 2. The first kappa shape index (κ1) is 17.4. The number of aliphatic hydroxyl groups excluding tert-OH is 1. The zero-order valence-electron chi connectivity index (χ0n) is 13.8. The fourth-order valence-electron chi connectivity index (χ4n) is 2.76. The summed E-state index contributed by atoms with van der Waals surface area (Å²) in [5, 5.41) is 12.4. The molecule has 1 aliphatic rings. The van der Waals surface area contributed by atoms with E-state index in [0.717, 1.165) is 32.4 Å². The Balaban J connectivity index is 2.67. The summed E-state index contributed by atoms with van der Waals surface area (Å²) in [5.74, 6) is 0.601. The van der Waals surface area contributed by atoms with E-state index in [-0.39, 0.29) is 24.0 Å². The van der Waals surface area contributed by atoms with Gasteiger partial charge in [0.2, 0.25) is 5.91 Å².